The van der Waals surface area contributed by atoms with Crippen molar-refractivity contribution in [3.05, 3.63) is 69.5 Å². The lowest BCUT2D eigenvalue weighted by Crippen LogP contribution is -2.23. The summed E-state index contributed by atoms with van der Waals surface area (Å²) in [5.41, 5.74) is 1.66. The van der Waals surface area contributed by atoms with Gasteiger partial charge in [-0.15, -0.1) is 0 Å². The summed E-state index contributed by atoms with van der Waals surface area (Å²) in [5.74, 6) is 0.867. The average Bonchev–Trinajstić information content (AvgIpc) is 3.25. The lowest BCUT2D eigenvalue weighted by atomic mass is 9.97. The molecule has 0 fully saturated rings. The maximum atomic E-state index is 12.6. The van der Waals surface area contributed by atoms with E-state index in [0.29, 0.717) is 28.3 Å². The maximum Gasteiger partial charge on any atom is 0.261 e. The molecular weight excluding hydrogens is 474 g/mol. The van der Waals surface area contributed by atoms with Crippen LogP contribution >= 0.6 is 15.9 Å². The van der Waals surface area contributed by atoms with Crippen molar-refractivity contribution in [2.75, 3.05) is 5.32 Å². The Morgan fingerprint density at radius 2 is 1.91 bits per heavy atom. The molecule has 0 aliphatic rings. The number of nitrogens with one attached hydrogen (secondary N) is 1. The fourth-order valence-corrected chi connectivity index (χ4v) is 3.45. The molecule has 164 valence electrons. The summed E-state index contributed by atoms with van der Waals surface area (Å²) in [4.78, 5) is 33.8. The van der Waals surface area contributed by atoms with Gasteiger partial charge in [-0.1, -0.05) is 41.9 Å². The summed E-state index contributed by atoms with van der Waals surface area (Å²) in [7, 11) is 0. The predicted octanol–water partition coefficient (Wildman–Crippen LogP) is 4.54. The molecule has 0 radical (unpaired) electrons. The quantitative estimate of drug-likeness (QED) is 0.436. The number of carbonyl (C=O) groups excluding carboxylic acids is 1. The number of halogens is 1. The number of amides is 1. The van der Waals surface area contributed by atoms with Crippen molar-refractivity contribution in [1.29, 1.82) is 0 Å². The minimum Gasteiger partial charge on any atom is -0.338 e. The molecule has 0 saturated heterocycles. The Morgan fingerprint density at radius 3 is 2.59 bits per heavy atom. The van der Waals surface area contributed by atoms with Gasteiger partial charge in [0.2, 0.25) is 17.6 Å². The largest absolute Gasteiger partial charge is 0.338 e. The van der Waals surface area contributed by atoms with Crippen molar-refractivity contribution in [2.24, 2.45) is 0 Å². The van der Waals surface area contributed by atoms with Gasteiger partial charge >= 0.3 is 0 Å². The number of hydrogen-bond donors (Lipinski definition) is 1. The van der Waals surface area contributed by atoms with Crippen LogP contribution in [0.25, 0.3) is 22.3 Å². The van der Waals surface area contributed by atoms with E-state index >= 15 is 0 Å². The zero-order chi connectivity index (χ0) is 22.9. The smallest absolute Gasteiger partial charge is 0.261 e. The van der Waals surface area contributed by atoms with Crippen molar-refractivity contribution in [3.8, 4) is 11.4 Å². The molecule has 0 aliphatic heterocycles. The molecule has 32 heavy (non-hydrogen) atoms. The summed E-state index contributed by atoms with van der Waals surface area (Å²) < 4.78 is 7.58. The van der Waals surface area contributed by atoms with Crippen LogP contribution in [0.4, 0.5) is 5.69 Å². The van der Waals surface area contributed by atoms with Crippen molar-refractivity contribution < 1.29 is 9.32 Å². The van der Waals surface area contributed by atoms with E-state index in [4.69, 9.17) is 4.52 Å². The number of aromatic nitrogens is 4. The fourth-order valence-electron chi connectivity index (χ4n) is 3.08. The summed E-state index contributed by atoms with van der Waals surface area (Å²) in [6.07, 6.45) is 1.61. The molecule has 2 aromatic carbocycles. The van der Waals surface area contributed by atoms with Crippen LogP contribution in [0, 0.1) is 0 Å². The third kappa shape index (κ3) is 4.77. The van der Waals surface area contributed by atoms with Gasteiger partial charge in [0.25, 0.3) is 5.56 Å². The van der Waals surface area contributed by atoms with Crippen LogP contribution in [-0.2, 0) is 16.8 Å². The van der Waals surface area contributed by atoms with Crippen molar-refractivity contribution in [2.45, 2.75) is 39.2 Å². The van der Waals surface area contributed by atoms with Crippen molar-refractivity contribution in [1.82, 2.24) is 19.7 Å². The van der Waals surface area contributed by atoms with Gasteiger partial charge in [-0.25, -0.2) is 4.98 Å². The second-order valence-corrected chi connectivity index (χ2v) is 9.37. The monoisotopic (exact) mass is 495 g/mol. The number of carbonyl (C=O) groups is 1. The molecule has 2 heterocycles. The molecule has 0 spiro atoms. The van der Waals surface area contributed by atoms with Crippen LogP contribution in [0.3, 0.4) is 0 Å². The Bertz CT molecular complexity index is 1340. The summed E-state index contributed by atoms with van der Waals surface area (Å²) in [6, 6.07) is 12.5. The third-order valence-corrected chi connectivity index (χ3v) is 5.35. The van der Waals surface area contributed by atoms with Gasteiger partial charge in [0.1, 0.15) is 0 Å². The lowest BCUT2D eigenvalue weighted by Gasteiger charge is -2.10. The first-order valence-corrected chi connectivity index (χ1v) is 10.9. The first-order chi connectivity index (χ1) is 15.2. The van der Waals surface area contributed by atoms with E-state index in [-0.39, 0.29) is 29.8 Å². The highest BCUT2D eigenvalue weighted by molar-refractivity contribution is 9.10. The molecule has 1 amide bonds. The number of benzene rings is 2. The number of aryl methyl sites for hydroxylation is 1. The van der Waals surface area contributed by atoms with E-state index in [2.05, 4.69) is 36.4 Å². The normalized spacial score (nSPS) is 11.6. The number of rotatable bonds is 5. The molecule has 4 aromatic rings. The van der Waals surface area contributed by atoms with Gasteiger partial charge in [-0.3, -0.25) is 14.2 Å². The maximum absolute atomic E-state index is 12.6. The zero-order valence-electron chi connectivity index (χ0n) is 17.9. The van der Waals surface area contributed by atoms with Gasteiger partial charge in [0, 0.05) is 34.1 Å². The molecule has 4 rings (SSSR count). The summed E-state index contributed by atoms with van der Waals surface area (Å²) >= 11 is 3.37. The van der Waals surface area contributed by atoms with E-state index in [1.54, 1.807) is 24.3 Å². The Balaban J connectivity index is 1.39. The summed E-state index contributed by atoms with van der Waals surface area (Å²) in [6.45, 7) is 6.24. The minimum atomic E-state index is -0.224. The molecule has 0 atom stereocenters. The SMILES string of the molecule is CC(C)(C)c1nc(-c2ccc(NC(=O)CCn3cnc4ccc(Br)cc4c3=O)cc2)no1. The molecule has 0 bridgehead atoms. The van der Waals surface area contributed by atoms with Gasteiger partial charge in [-0.2, -0.15) is 4.98 Å². The molecule has 9 heteroatoms. The van der Waals surface area contributed by atoms with E-state index in [9.17, 15) is 9.59 Å². The zero-order valence-corrected chi connectivity index (χ0v) is 19.5. The molecular formula is C23H22BrN5O3. The minimum absolute atomic E-state index is 0.142. The van der Waals surface area contributed by atoms with Crippen LogP contribution in [0.5, 0.6) is 0 Å². The highest BCUT2D eigenvalue weighted by Gasteiger charge is 2.22. The number of nitrogens with zero attached hydrogens (tertiary/aromatic N) is 4. The highest BCUT2D eigenvalue weighted by atomic mass is 79.9. The van der Waals surface area contributed by atoms with E-state index in [0.717, 1.165) is 10.0 Å². The van der Waals surface area contributed by atoms with E-state index in [1.807, 2.05) is 39.0 Å². The second-order valence-electron chi connectivity index (χ2n) is 8.45. The predicted molar refractivity (Wildman–Crippen MR) is 125 cm³/mol. The van der Waals surface area contributed by atoms with Crippen LogP contribution in [0.2, 0.25) is 0 Å². The standard InChI is InChI=1S/C23H22BrN5O3/c1-23(2,3)22-27-20(28-32-22)14-4-7-16(8-5-14)26-19(30)10-11-29-13-25-18-9-6-15(24)12-17(18)21(29)31/h4-9,12-13H,10-11H2,1-3H3,(H,26,30). The van der Waals surface area contributed by atoms with Crippen molar-refractivity contribution >= 4 is 38.4 Å². The lowest BCUT2D eigenvalue weighted by molar-refractivity contribution is -0.116. The molecule has 2 aromatic heterocycles. The van der Waals surface area contributed by atoms with Crippen LogP contribution in [0.15, 0.2) is 62.6 Å². The summed E-state index contributed by atoms with van der Waals surface area (Å²) in [5, 5.41) is 7.37. The third-order valence-electron chi connectivity index (χ3n) is 4.86. The van der Waals surface area contributed by atoms with Crippen LogP contribution in [0.1, 0.15) is 33.1 Å². The Kier molecular flexibility index (Phi) is 5.92. The molecule has 8 nitrogen and oxygen atoms in total. The average molecular weight is 496 g/mol. The molecule has 1 N–H and O–H groups in total. The molecule has 0 aliphatic carbocycles. The van der Waals surface area contributed by atoms with Gasteiger partial charge in [-0.05, 0) is 42.5 Å². The van der Waals surface area contributed by atoms with Crippen molar-refractivity contribution in [3.63, 3.8) is 0 Å². The number of hydrogen-bond acceptors (Lipinski definition) is 6. The Labute approximate surface area is 192 Å². The fraction of sp³-hybridized carbons (Fsp3) is 0.261. The van der Waals surface area contributed by atoms with Crippen LogP contribution in [-0.4, -0.2) is 25.6 Å². The molecule has 0 unspecified atom stereocenters. The first-order valence-electron chi connectivity index (χ1n) is 10.1. The van der Waals surface area contributed by atoms with Gasteiger partial charge in [0.05, 0.1) is 17.2 Å². The van der Waals surface area contributed by atoms with E-state index in [1.165, 1.54) is 10.9 Å². The number of fused-ring (bicyclic) bond motifs is 1. The first kappa shape index (κ1) is 21.9. The molecule has 0 saturated carbocycles. The topological polar surface area (TPSA) is 103 Å². The van der Waals surface area contributed by atoms with Gasteiger partial charge in [0.15, 0.2) is 0 Å². The Hall–Kier alpha value is -3.33. The highest BCUT2D eigenvalue weighted by Crippen LogP contribution is 2.24. The van der Waals surface area contributed by atoms with Gasteiger partial charge < -0.3 is 9.84 Å². The second kappa shape index (κ2) is 8.66. The van der Waals surface area contributed by atoms with Crippen LogP contribution < -0.4 is 10.9 Å². The Morgan fingerprint density at radius 1 is 1.16 bits per heavy atom. The number of anilines is 1. The van der Waals surface area contributed by atoms with E-state index < -0.39 is 0 Å².